The molecule has 5 heteroatoms. The Hall–Kier alpha value is -3.57. The maximum atomic E-state index is 12.6. The number of ether oxygens (including phenoxy) is 2. The van der Waals surface area contributed by atoms with Crippen molar-refractivity contribution in [2.24, 2.45) is 11.3 Å². The van der Waals surface area contributed by atoms with Crippen molar-refractivity contribution in [2.75, 3.05) is 7.11 Å². The van der Waals surface area contributed by atoms with E-state index in [2.05, 4.69) is 69.3 Å². The van der Waals surface area contributed by atoms with Gasteiger partial charge in [0.15, 0.2) is 0 Å². The molecule has 5 rings (SSSR count). The van der Waals surface area contributed by atoms with Gasteiger partial charge in [0.2, 0.25) is 11.1 Å². The van der Waals surface area contributed by atoms with Crippen LogP contribution in [0.1, 0.15) is 56.7 Å². The van der Waals surface area contributed by atoms with Crippen molar-refractivity contribution in [3.8, 4) is 23.0 Å². The maximum Gasteiger partial charge on any atom is 0.240 e. The third-order valence-corrected chi connectivity index (χ3v) is 8.87. The van der Waals surface area contributed by atoms with E-state index in [-0.39, 0.29) is 10.8 Å². The zero-order chi connectivity index (χ0) is 28.3. The molecule has 1 aliphatic rings. The molecule has 1 aliphatic carbocycles. The molecule has 0 saturated heterocycles. The summed E-state index contributed by atoms with van der Waals surface area (Å²) in [6.07, 6.45) is 3.41. The first kappa shape index (κ1) is 28.0. The average molecular weight is 555 g/mol. The van der Waals surface area contributed by atoms with Crippen LogP contribution in [0, 0.1) is 18.3 Å². The Labute approximate surface area is 241 Å². The Morgan fingerprint density at radius 1 is 0.700 bits per heavy atom. The van der Waals surface area contributed by atoms with E-state index in [0.717, 1.165) is 29.9 Å². The summed E-state index contributed by atoms with van der Waals surface area (Å²) in [5, 5.41) is 0. The fourth-order valence-corrected chi connectivity index (χ4v) is 7.15. The van der Waals surface area contributed by atoms with Gasteiger partial charge in [-0.2, -0.15) is 0 Å². The molecule has 3 atom stereocenters. The lowest BCUT2D eigenvalue weighted by Crippen LogP contribution is -2.41. The molecule has 0 aromatic heterocycles. The Morgan fingerprint density at radius 3 is 1.73 bits per heavy atom. The highest BCUT2D eigenvalue weighted by Gasteiger charge is 2.45. The summed E-state index contributed by atoms with van der Waals surface area (Å²) in [4.78, 5) is 0.582. The van der Waals surface area contributed by atoms with E-state index in [1.54, 1.807) is 19.2 Å². The molecule has 4 aromatic carbocycles. The lowest BCUT2D eigenvalue weighted by Gasteiger charge is -2.48. The standard InChI is InChI=1S/C35H38O4S/c1-25-6-12-32(13-7-25)39-40(36)33-20-18-31(19-21-33)38-30-16-10-28(11-17-30)35(23-26(2)22-34(3,4)24-35)27-8-14-29(37-5)15-9-27/h6-21,26H,22-24H2,1-5H3. The number of methoxy groups -OCH3 is 1. The molecule has 1 fully saturated rings. The number of rotatable bonds is 8. The van der Waals surface area contributed by atoms with Gasteiger partial charge in [-0.15, -0.1) is 0 Å². The van der Waals surface area contributed by atoms with Gasteiger partial charge in [-0.05, 0) is 109 Å². The maximum absolute atomic E-state index is 12.6. The van der Waals surface area contributed by atoms with Gasteiger partial charge in [0.05, 0.1) is 12.0 Å². The molecule has 0 heterocycles. The summed E-state index contributed by atoms with van der Waals surface area (Å²) in [6.45, 7) is 9.16. The predicted octanol–water partition coefficient (Wildman–Crippen LogP) is 9.03. The number of aryl methyl sites for hydroxylation is 1. The van der Waals surface area contributed by atoms with Gasteiger partial charge >= 0.3 is 0 Å². The third kappa shape index (κ3) is 6.26. The van der Waals surface area contributed by atoms with Crippen molar-refractivity contribution in [2.45, 2.75) is 57.3 Å². The molecule has 0 aliphatic heterocycles. The van der Waals surface area contributed by atoms with Crippen molar-refractivity contribution < 1.29 is 17.9 Å². The van der Waals surface area contributed by atoms with Crippen LogP contribution >= 0.6 is 0 Å². The van der Waals surface area contributed by atoms with Crippen LogP contribution in [0.5, 0.6) is 23.0 Å². The molecule has 0 radical (unpaired) electrons. The molecule has 0 amide bonds. The summed E-state index contributed by atoms with van der Waals surface area (Å²) in [5.74, 6) is 3.51. The number of hydrogen-bond acceptors (Lipinski definition) is 4. The van der Waals surface area contributed by atoms with Crippen molar-refractivity contribution in [1.29, 1.82) is 0 Å². The SMILES string of the molecule is COc1ccc(C2(c3ccc(Oc4ccc(S(=O)Oc5ccc(C)cc5)cc4)cc3)CC(C)CC(C)(C)C2)cc1. The summed E-state index contributed by atoms with van der Waals surface area (Å²) < 4.78 is 29.8. The summed E-state index contributed by atoms with van der Waals surface area (Å²) >= 11 is -1.60. The molecule has 1 saturated carbocycles. The highest BCUT2D eigenvalue weighted by atomic mass is 32.2. The second-order valence-corrected chi connectivity index (χ2v) is 13.0. The molecule has 4 nitrogen and oxygen atoms in total. The van der Waals surface area contributed by atoms with E-state index in [1.807, 2.05) is 43.3 Å². The molecular weight excluding hydrogens is 516 g/mol. The van der Waals surface area contributed by atoms with Gasteiger partial charge < -0.3 is 13.7 Å². The quantitative estimate of drug-likeness (QED) is 0.218. The minimum absolute atomic E-state index is 0.0743. The van der Waals surface area contributed by atoms with Crippen LogP contribution in [-0.4, -0.2) is 11.3 Å². The monoisotopic (exact) mass is 554 g/mol. The highest BCUT2D eigenvalue weighted by Crippen LogP contribution is 2.53. The van der Waals surface area contributed by atoms with E-state index in [4.69, 9.17) is 13.7 Å². The van der Waals surface area contributed by atoms with Crippen molar-refractivity contribution in [1.82, 2.24) is 0 Å². The van der Waals surface area contributed by atoms with Crippen LogP contribution in [0.4, 0.5) is 0 Å². The molecule has 4 aromatic rings. The Morgan fingerprint density at radius 2 is 1.20 bits per heavy atom. The van der Waals surface area contributed by atoms with Crippen LogP contribution in [0.3, 0.4) is 0 Å². The largest absolute Gasteiger partial charge is 0.497 e. The lowest BCUT2D eigenvalue weighted by atomic mass is 9.55. The van der Waals surface area contributed by atoms with Crippen molar-refractivity contribution >= 4 is 11.1 Å². The Balaban J connectivity index is 1.34. The molecule has 208 valence electrons. The van der Waals surface area contributed by atoms with Crippen LogP contribution in [0.2, 0.25) is 0 Å². The lowest BCUT2D eigenvalue weighted by molar-refractivity contribution is 0.127. The minimum Gasteiger partial charge on any atom is -0.497 e. The Kier molecular flexibility index (Phi) is 8.04. The predicted molar refractivity (Wildman–Crippen MR) is 162 cm³/mol. The fourth-order valence-electron chi connectivity index (χ4n) is 6.41. The highest BCUT2D eigenvalue weighted by molar-refractivity contribution is 7.80. The molecule has 40 heavy (non-hydrogen) atoms. The molecule has 0 spiro atoms. The zero-order valence-electron chi connectivity index (χ0n) is 24.0. The summed E-state index contributed by atoms with van der Waals surface area (Å²) in [5.41, 5.74) is 3.93. The average Bonchev–Trinajstić information content (AvgIpc) is 2.94. The normalized spacial score (nSPS) is 20.9. The van der Waals surface area contributed by atoms with E-state index >= 15 is 0 Å². The van der Waals surface area contributed by atoms with Crippen molar-refractivity contribution in [3.63, 3.8) is 0 Å². The topological polar surface area (TPSA) is 44.8 Å². The van der Waals surface area contributed by atoms with Gasteiger partial charge in [-0.1, -0.05) is 62.7 Å². The molecular formula is C35H38O4S. The number of hydrogen-bond donors (Lipinski definition) is 0. The summed E-state index contributed by atoms with van der Waals surface area (Å²) in [7, 11) is 1.71. The molecule has 3 unspecified atom stereocenters. The van der Waals surface area contributed by atoms with E-state index in [0.29, 0.717) is 22.3 Å². The molecule has 0 bridgehead atoms. The van der Waals surface area contributed by atoms with Gasteiger partial charge in [0, 0.05) is 5.41 Å². The first-order chi connectivity index (χ1) is 19.2. The van der Waals surface area contributed by atoms with Gasteiger partial charge in [0.1, 0.15) is 23.0 Å². The zero-order valence-corrected chi connectivity index (χ0v) is 24.8. The van der Waals surface area contributed by atoms with E-state index in [1.165, 1.54) is 17.5 Å². The van der Waals surface area contributed by atoms with Gasteiger partial charge in [0.25, 0.3) is 0 Å². The van der Waals surface area contributed by atoms with Crippen LogP contribution < -0.4 is 13.7 Å². The first-order valence-electron chi connectivity index (χ1n) is 13.9. The summed E-state index contributed by atoms with van der Waals surface area (Å²) in [6, 6.07) is 31.8. The van der Waals surface area contributed by atoms with E-state index < -0.39 is 11.1 Å². The smallest absolute Gasteiger partial charge is 0.240 e. The third-order valence-electron chi connectivity index (χ3n) is 7.87. The minimum atomic E-state index is -1.60. The van der Waals surface area contributed by atoms with Gasteiger partial charge in [-0.25, -0.2) is 4.21 Å². The van der Waals surface area contributed by atoms with E-state index in [9.17, 15) is 4.21 Å². The number of benzene rings is 4. The fraction of sp³-hybridized carbons (Fsp3) is 0.314. The first-order valence-corrected chi connectivity index (χ1v) is 14.9. The second-order valence-electron chi connectivity index (χ2n) is 11.9. The Bertz CT molecular complexity index is 1440. The van der Waals surface area contributed by atoms with Crippen molar-refractivity contribution in [3.05, 3.63) is 114 Å². The second kappa shape index (κ2) is 11.5. The van der Waals surface area contributed by atoms with Crippen LogP contribution in [-0.2, 0) is 16.5 Å². The van der Waals surface area contributed by atoms with Crippen LogP contribution in [0.25, 0.3) is 0 Å². The molecule has 0 N–H and O–H groups in total. The van der Waals surface area contributed by atoms with Crippen LogP contribution in [0.15, 0.2) is 102 Å². The van der Waals surface area contributed by atoms with Gasteiger partial charge in [-0.3, -0.25) is 0 Å².